The van der Waals surface area contributed by atoms with Crippen LogP contribution in [0.15, 0.2) is 36.4 Å². The zero-order valence-corrected chi connectivity index (χ0v) is 12.7. The molecule has 0 aliphatic heterocycles. The van der Waals surface area contributed by atoms with E-state index in [2.05, 4.69) is 30.4 Å². The van der Waals surface area contributed by atoms with Gasteiger partial charge in [0.15, 0.2) is 0 Å². The molecule has 19 heavy (non-hydrogen) atoms. The molecule has 2 nitrogen and oxygen atoms in total. The van der Waals surface area contributed by atoms with Crippen LogP contribution in [0.5, 0.6) is 5.75 Å². The Bertz CT molecular complexity index is 509. The zero-order chi connectivity index (χ0) is 13.7. The Morgan fingerprint density at radius 2 is 1.95 bits per heavy atom. The lowest BCUT2D eigenvalue weighted by molar-refractivity contribution is 0.414. The lowest BCUT2D eigenvalue weighted by atomic mass is 10.0. The Morgan fingerprint density at radius 3 is 2.47 bits per heavy atom. The first-order valence-corrected chi connectivity index (χ1v) is 7.54. The van der Waals surface area contributed by atoms with Crippen LogP contribution < -0.4 is 10.1 Å². The smallest absolute Gasteiger partial charge is 0.118 e. The monoisotopic (exact) mass is 295 g/mol. The van der Waals surface area contributed by atoms with Gasteiger partial charge in [0.25, 0.3) is 0 Å². The highest BCUT2D eigenvalue weighted by Crippen LogP contribution is 2.29. The van der Waals surface area contributed by atoms with Crippen molar-refractivity contribution in [1.29, 1.82) is 0 Å². The molecule has 1 atom stereocenters. The van der Waals surface area contributed by atoms with Crippen molar-refractivity contribution in [2.75, 3.05) is 13.7 Å². The fourth-order valence-electron chi connectivity index (χ4n) is 2.03. The Morgan fingerprint density at radius 1 is 1.21 bits per heavy atom. The Hall–Kier alpha value is -1.03. The number of ether oxygens (including phenoxy) is 1. The summed E-state index contributed by atoms with van der Waals surface area (Å²) in [5.41, 5.74) is 1.29. The van der Waals surface area contributed by atoms with Crippen LogP contribution in [0.1, 0.15) is 23.4 Å². The van der Waals surface area contributed by atoms with E-state index >= 15 is 0 Å². The van der Waals surface area contributed by atoms with Gasteiger partial charge in [-0.15, -0.1) is 11.3 Å². The van der Waals surface area contributed by atoms with Crippen molar-refractivity contribution in [2.24, 2.45) is 0 Å². The van der Waals surface area contributed by atoms with E-state index in [9.17, 15) is 0 Å². The summed E-state index contributed by atoms with van der Waals surface area (Å²) in [6.07, 6.45) is 0.953. The molecule has 2 aromatic rings. The van der Waals surface area contributed by atoms with E-state index in [1.54, 1.807) is 18.4 Å². The van der Waals surface area contributed by atoms with Gasteiger partial charge in [0.05, 0.1) is 11.4 Å². The normalized spacial score (nSPS) is 12.4. The zero-order valence-electron chi connectivity index (χ0n) is 11.2. The molecule has 1 heterocycles. The number of likely N-dealkylation sites (N-methyl/N-ethyl adjacent to an activating group) is 1. The third-order valence-corrected chi connectivity index (χ3v) is 4.33. The van der Waals surface area contributed by atoms with E-state index in [0.717, 1.165) is 23.1 Å². The molecule has 0 saturated heterocycles. The topological polar surface area (TPSA) is 21.3 Å². The summed E-state index contributed by atoms with van der Waals surface area (Å²) in [5, 5.41) is 3.51. The van der Waals surface area contributed by atoms with Crippen LogP contribution in [0.25, 0.3) is 0 Å². The van der Waals surface area contributed by atoms with Crippen LogP contribution in [-0.4, -0.2) is 13.7 Å². The Balaban J connectivity index is 2.11. The minimum absolute atomic E-state index is 0.316. The highest BCUT2D eigenvalue weighted by molar-refractivity contribution is 7.16. The summed E-state index contributed by atoms with van der Waals surface area (Å²) in [7, 11) is 1.68. The predicted octanol–water partition coefficient (Wildman–Crippen LogP) is 4.30. The van der Waals surface area contributed by atoms with Crippen molar-refractivity contribution in [3.05, 3.63) is 51.2 Å². The maximum absolute atomic E-state index is 6.02. The lowest BCUT2D eigenvalue weighted by Crippen LogP contribution is -2.22. The van der Waals surface area contributed by atoms with E-state index < -0.39 is 0 Å². The molecule has 0 fully saturated rings. The van der Waals surface area contributed by atoms with E-state index in [4.69, 9.17) is 16.3 Å². The van der Waals surface area contributed by atoms with E-state index in [0.29, 0.717) is 6.04 Å². The van der Waals surface area contributed by atoms with Crippen LogP contribution in [-0.2, 0) is 6.42 Å². The first kappa shape index (κ1) is 14.4. The minimum atomic E-state index is 0.316. The number of thiophene rings is 1. The Kier molecular flexibility index (Phi) is 5.25. The highest BCUT2D eigenvalue weighted by atomic mass is 35.5. The molecule has 1 aromatic carbocycles. The maximum atomic E-state index is 6.02. The number of nitrogens with one attached hydrogen (secondary N) is 1. The third kappa shape index (κ3) is 3.96. The fraction of sp³-hybridized carbons (Fsp3) is 0.333. The van der Waals surface area contributed by atoms with Gasteiger partial charge in [-0.2, -0.15) is 0 Å². The van der Waals surface area contributed by atoms with Gasteiger partial charge in [0.2, 0.25) is 0 Å². The average Bonchev–Trinajstić information content (AvgIpc) is 2.86. The van der Waals surface area contributed by atoms with Gasteiger partial charge >= 0.3 is 0 Å². The van der Waals surface area contributed by atoms with Crippen LogP contribution in [0.3, 0.4) is 0 Å². The SMILES string of the molecule is CCNC(Cc1ccc(OC)cc1)c1ccc(Cl)s1. The molecule has 1 unspecified atom stereocenters. The van der Waals surface area contributed by atoms with Crippen molar-refractivity contribution in [3.63, 3.8) is 0 Å². The first-order valence-electron chi connectivity index (χ1n) is 6.34. The van der Waals surface area contributed by atoms with Gasteiger partial charge in [0, 0.05) is 10.9 Å². The summed E-state index contributed by atoms with van der Waals surface area (Å²) in [5.74, 6) is 0.892. The number of methoxy groups -OCH3 is 1. The Labute approximate surface area is 123 Å². The molecular formula is C15H18ClNOS. The number of benzene rings is 1. The van der Waals surface area contributed by atoms with Crippen LogP contribution in [0.4, 0.5) is 0 Å². The van der Waals surface area contributed by atoms with Crippen molar-refractivity contribution >= 4 is 22.9 Å². The first-order chi connectivity index (χ1) is 9.22. The lowest BCUT2D eigenvalue weighted by Gasteiger charge is -2.16. The van der Waals surface area contributed by atoms with E-state index in [-0.39, 0.29) is 0 Å². The molecule has 1 N–H and O–H groups in total. The van der Waals surface area contributed by atoms with Gasteiger partial charge in [-0.25, -0.2) is 0 Å². The van der Waals surface area contributed by atoms with Crippen molar-refractivity contribution in [3.8, 4) is 5.75 Å². The van der Waals surface area contributed by atoms with Gasteiger partial charge in [-0.05, 0) is 42.8 Å². The number of hydrogen-bond acceptors (Lipinski definition) is 3. The highest BCUT2D eigenvalue weighted by Gasteiger charge is 2.13. The van der Waals surface area contributed by atoms with Crippen molar-refractivity contribution in [1.82, 2.24) is 5.32 Å². The summed E-state index contributed by atoms with van der Waals surface area (Å²) in [6, 6.07) is 12.6. The minimum Gasteiger partial charge on any atom is -0.497 e. The molecule has 0 aliphatic rings. The maximum Gasteiger partial charge on any atom is 0.118 e. The largest absolute Gasteiger partial charge is 0.497 e. The van der Waals surface area contributed by atoms with Crippen molar-refractivity contribution in [2.45, 2.75) is 19.4 Å². The van der Waals surface area contributed by atoms with Crippen LogP contribution in [0, 0.1) is 0 Å². The summed E-state index contributed by atoms with van der Waals surface area (Å²) < 4.78 is 6.02. The third-order valence-electron chi connectivity index (χ3n) is 2.99. The molecule has 0 radical (unpaired) electrons. The summed E-state index contributed by atoms with van der Waals surface area (Å²) >= 11 is 7.66. The molecule has 0 aliphatic carbocycles. The van der Waals surface area contributed by atoms with Gasteiger partial charge in [0.1, 0.15) is 5.75 Å². The van der Waals surface area contributed by atoms with Gasteiger partial charge in [-0.3, -0.25) is 0 Å². The number of rotatable bonds is 6. The molecule has 102 valence electrons. The second-order valence-electron chi connectivity index (χ2n) is 4.30. The molecule has 2 rings (SSSR count). The molecule has 0 spiro atoms. The van der Waals surface area contributed by atoms with Crippen molar-refractivity contribution < 1.29 is 4.74 Å². The molecular weight excluding hydrogens is 278 g/mol. The summed E-state index contributed by atoms with van der Waals surface area (Å²) in [6.45, 7) is 3.06. The van der Waals surface area contributed by atoms with Gasteiger partial charge < -0.3 is 10.1 Å². The number of halogens is 1. The molecule has 0 saturated carbocycles. The summed E-state index contributed by atoms with van der Waals surface area (Å²) in [4.78, 5) is 1.28. The predicted molar refractivity (Wildman–Crippen MR) is 82.4 cm³/mol. The standard InChI is InChI=1S/C15H18ClNOS/c1-3-17-13(14-8-9-15(16)19-14)10-11-4-6-12(18-2)7-5-11/h4-9,13,17H,3,10H2,1-2H3. The quantitative estimate of drug-likeness (QED) is 0.858. The van der Waals surface area contributed by atoms with E-state index in [1.165, 1.54) is 10.4 Å². The molecule has 0 amide bonds. The number of hydrogen-bond donors (Lipinski definition) is 1. The molecule has 0 bridgehead atoms. The van der Waals surface area contributed by atoms with E-state index in [1.807, 2.05) is 18.2 Å². The fourth-order valence-corrected chi connectivity index (χ4v) is 3.17. The molecule has 1 aromatic heterocycles. The van der Waals surface area contributed by atoms with Gasteiger partial charge in [-0.1, -0.05) is 30.7 Å². The van der Waals surface area contributed by atoms with Crippen LogP contribution >= 0.6 is 22.9 Å². The second-order valence-corrected chi connectivity index (χ2v) is 6.05. The second kappa shape index (κ2) is 6.94. The molecule has 4 heteroatoms. The van der Waals surface area contributed by atoms with Crippen LogP contribution in [0.2, 0.25) is 4.34 Å². The average molecular weight is 296 g/mol.